The number of aliphatic hydroxyl groups excluding tert-OH is 3. The second-order valence-corrected chi connectivity index (χ2v) is 4.91. The van der Waals surface area contributed by atoms with Gasteiger partial charge in [0.05, 0.1) is 6.61 Å². The maximum atomic E-state index is 13.0. The van der Waals surface area contributed by atoms with Crippen molar-refractivity contribution >= 4 is 11.6 Å². The monoisotopic (exact) mass is 328 g/mol. The van der Waals surface area contributed by atoms with Crippen LogP contribution >= 0.6 is 11.6 Å². The lowest BCUT2D eigenvalue weighted by molar-refractivity contribution is -0.195. The number of H-pyrrole nitrogens is 1. The Labute approximate surface area is 120 Å². The largest absolute Gasteiger partial charge is 0.393 e. The van der Waals surface area contributed by atoms with Crippen LogP contribution in [-0.4, -0.2) is 55.7 Å². The number of hydrogen-bond acceptors (Lipinski definition) is 6. The van der Waals surface area contributed by atoms with Crippen molar-refractivity contribution in [3.8, 4) is 0 Å². The van der Waals surface area contributed by atoms with Gasteiger partial charge in [-0.05, 0) is 0 Å². The summed E-state index contributed by atoms with van der Waals surface area (Å²) in [6.45, 7) is -1.29. The minimum atomic E-state index is -3.33. The van der Waals surface area contributed by atoms with Gasteiger partial charge in [0.2, 0.25) is 0 Å². The Morgan fingerprint density at radius 3 is 2.57 bits per heavy atom. The summed E-state index contributed by atoms with van der Waals surface area (Å²) in [5.74, 6) is 0. The molecule has 0 radical (unpaired) electrons. The van der Waals surface area contributed by atoms with Crippen LogP contribution in [0.4, 0.5) is 8.78 Å². The second-order valence-electron chi connectivity index (χ2n) is 4.50. The van der Waals surface area contributed by atoms with E-state index in [1.807, 2.05) is 0 Å². The van der Waals surface area contributed by atoms with E-state index in [0.29, 0.717) is 4.57 Å². The van der Waals surface area contributed by atoms with Gasteiger partial charge in [-0.25, -0.2) is 13.6 Å². The zero-order chi connectivity index (χ0) is 15.9. The van der Waals surface area contributed by atoms with Gasteiger partial charge in [0.1, 0.15) is 17.2 Å². The molecule has 0 saturated carbocycles. The molecule has 2 rings (SSSR count). The topological polar surface area (TPSA) is 125 Å². The summed E-state index contributed by atoms with van der Waals surface area (Å²) in [5, 5.41) is 28.1. The smallest absolute Gasteiger partial charge is 0.330 e. The molecule has 4 atom stereocenters. The van der Waals surface area contributed by atoms with Gasteiger partial charge in [-0.15, -0.1) is 0 Å². The quantitative estimate of drug-likeness (QED) is 0.532. The molecule has 0 amide bonds. The molecule has 1 aromatic heterocycles. The van der Waals surface area contributed by atoms with E-state index in [9.17, 15) is 28.6 Å². The lowest BCUT2D eigenvalue weighted by Crippen LogP contribution is -2.52. The van der Waals surface area contributed by atoms with Gasteiger partial charge in [0.25, 0.3) is 12.0 Å². The van der Waals surface area contributed by atoms with E-state index >= 15 is 0 Å². The molecule has 0 aliphatic carbocycles. The second kappa shape index (κ2) is 5.46. The van der Waals surface area contributed by atoms with Crippen molar-refractivity contribution in [2.75, 3.05) is 6.61 Å². The highest BCUT2D eigenvalue weighted by molar-refractivity contribution is 6.30. The standard InChI is InChI=1S/C10H11ClF2N2O6/c11-3-1-15(9(20)14-6(3)19)7-4(17)5(18)10(2-16,21-7)8(12)13/h1,4-5,7-8,16-18H,2H2,(H,14,19,20). The van der Waals surface area contributed by atoms with Gasteiger partial charge in [-0.1, -0.05) is 11.6 Å². The highest BCUT2D eigenvalue weighted by Crippen LogP contribution is 2.40. The molecular formula is C10H11ClF2N2O6. The predicted molar refractivity (Wildman–Crippen MR) is 64.3 cm³/mol. The molecule has 2 heterocycles. The van der Waals surface area contributed by atoms with Crippen LogP contribution in [0.15, 0.2) is 15.8 Å². The number of nitrogens with zero attached hydrogens (tertiary/aromatic N) is 1. The molecule has 1 saturated heterocycles. The average molecular weight is 329 g/mol. The number of rotatable bonds is 3. The van der Waals surface area contributed by atoms with Gasteiger partial charge in [-0.3, -0.25) is 14.3 Å². The van der Waals surface area contributed by atoms with Gasteiger partial charge >= 0.3 is 5.69 Å². The summed E-state index contributed by atoms with van der Waals surface area (Å²) in [7, 11) is 0. The third-order valence-electron chi connectivity index (χ3n) is 3.27. The normalized spacial score (nSPS) is 32.8. The van der Waals surface area contributed by atoms with Crippen LogP contribution in [0.5, 0.6) is 0 Å². The van der Waals surface area contributed by atoms with Crippen molar-refractivity contribution in [1.29, 1.82) is 0 Å². The number of hydrogen-bond donors (Lipinski definition) is 4. The fourth-order valence-corrected chi connectivity index (χ4v) is 2.21. The molecule has 1 aliphatic heterocycles. The van der Waals surface area contributed by atoms with E-state index < -0.39 is 53.3 Å². The molecule has 0 aromatic carbocycles. The van der Waals surface area contributed by atoms with E-state index in [4.69, 9.17) is 21.4 Å². The number of ether oxygens (including phenoxy) is 1. The summed E-state index contributed by atoms with van der Waals surface area (Å²) < 4.78 is 31.4. The molecule has 1 fully saturated rings. The van der Waals surface area contributed by atoms with E-state index in [1.165, 1.54) is 0 Å². The Bertz CT molecular complexity index is 649. The van der Waals surface area contributed by atoms with E-state index in [0.717, 1.165) is 6.20 Å². The van der Waals surface area contributed by atoms with Crippen LogP contribution in [0.2, 0.25) is 5.02 Å². The molecule has 4 N–H and O–H groups in total. The number of aromatic amines is 1. The van der Waals surface area contributed by atoms with Crippen molar-refractivity contribution in [2.24, 2.45) is 0 Å². The molecule has 21 heavy (non-hydrogen) atoms. The Kier molecular flexibility index (Phi) is 4.17. The maximum absolute atomic E-state index is 13.0. The minimum Gasteiger partial charge on any atom is -0.393 e. The molecule has 4 unspecified atom stereocenters. The SMILES string of the molecule is O=c1[nH]c(=O)n(C2OC(CO)(C(F)F)C(O)C2O)cc1Cl. The molecule has 0 bridgehead atoms. The number of halogens is 3. The summed E-state index contributed by atoms with van der Waals surface area (Å²) in [6.07, 6.45) is -8.38. The number of aromatic nitrogens is 2. The minimum absolute atomic E-state index is 0.446. The van der Waals surface area contributed by atoms with Crippen molar-refractivity contribution < 1.29 is 28.8 Å². The number of alkyl halides is 2. The first-order valence-electron chi connectivity index (χ1n) is 5.68. The summed E-state index contributed by atoms with van der Waals surface area (Å²) in [4.78, 5) is 24.5. The van der Waals surface area contributed by atoms with E-state index in [2.05, 4.69) is 0 Å². The van der Waals surface area contributed by atoms with E-state index in [1.54, 1.807) is 4.98 Å². The summed E-state index contributed by atoms with van der Waals surface area (Å²) >= 11 is 5.52. The molecular weight excluding hydrogens is 318 g/mol. The van der Waals surface area contributed by atoms with Gasteiger partial charge in [-0.2, -0.15) is 0 Å². The van der Waals surface area contributed by atoms with Gasteiger partial charge in [0.15, 0.2) is 11.8 Å². The van der Waals surface area contributed by atoms with E-state index in [-0.39, 0.29) is 0 Å². The molecule has 8 nitrogen and oxygen atoms in total. The van der Waals surface area contributed by atoms with Crippen LogP contribution in [-0.2, 0) is 4.74 Å². The lowest BCUT2D eigenvalue weighted by atomic mass is 9.96. The maximum Gasteiger partial charge on any atom is 0.330 e. The van der Waals surface area contributed by atoms with Gasteiger partial charge < -0.3 is 20.1 Å². The fraction of sp³-hybridized carbons (Fsp3) is 0.600. The van der Waals surface area contributed by atoms with Crippen molar-refractivity contribution in [2.45, 2.75) is 30.5 Å². The third-order valence-corrected chi connectivity index (χ3v) is 3.54. The molecule has 1 aliphatic rings. The first kappa shape index (κ1) is 16.0. The zero-order valence-corrected chi connectivity index (χ0v) is 11.0. The number of nitrogens with one attached hydrogen (secondary N) is 1. The fourth-order valence-electron chi connectivity index (χ4n) is 2.06. The summed E-state index contributed by atoms with van der Waals surface area (Å²) in [6, 6.07) is 0. The molecule has 1 aromatic rings. The van der Waals surface area contributed by atoms with Crippen LogP contribution in [0.1, 0.15) is 6.23 Å². The highest BCUT2D eigenvalue weighted by atomic mass is 35.5. The molecule has 11 heteroatoms. The lowest BCUT2D eigenvalue weighted by Gasteiger charge is -2.28. The van der Waals surface area contributed by atoms with Crippen molar-refractivity contribution in [1.82, 2.24) is 9.55 Å². The Balaban J connectivity index is 2.50. The predicted octanol–water partition coefficient (Wildman–Crippen LogP) is -1.56. The van der Waals surface area contributed by atoms with Crippen LogP contribution in [0, 0.1) is 0 Å². The molecule has 0 spiro atoms. The number of aliphatic hydroxyl groups is 3. The average Bonchev–Trinajstić information content (AvgIpc) is 2.68. The third kappa shape index (κ3) is 2.38. The Morgan fingerprint density at radius 1 is 1.48 bits per heavy atom. The Morgan fingerprint density at radius 2 is 2.10 bits per heavy atom. The van der Waals surface area contributed by atoms with Crippen molar-refractivity contribution in [3.05, 3.63) is 32.1 Å². The molecule has 118 valence electrons. The van der Waals surface area contributed by atoms with Crippen molar-refractivity contribution in [3.63, 3.8) is 0 Å². The first-order chi connectivity index (χ1) is 9.74. The highest BCUT2D eigenvalue weighted by Gasteiger charge is 2.60. The van der Waals surface area contributed by atoms with Gasteiger partial charge in [0, 0.05) is 6.20 Å². The summed E-state index contributed by atoms with van der Waals surface area (Å²) in [5.41, 5.74) is -4.73. The van der Waals surface area contributed by atoms with Crippen LogP contribution in [0.3, 0.4) is 0 Å². The Hall–Kier alpha value is -1.33. The van der Waals surface area contributed by atoms with Crippen LogP contribution in [0.25, 0.3) is 0 Å². The zero-order valence-electron chi connectivity index (χ0n) is 10.2. The first-order valence-corrected chi connectivity index (χ1v) is 6.06. The van der Waals surface area contributed by atoms with Crippen LogP contribution < -0.4 is 11.2 Å².